The molecular weight excluding hydrogens is 260 g/mol. The molecule has 0 atom stereocenters. The van der Waals surface area contributed by atoms with Crippen LogP contribution in [0.4, 0.5) is 0 Å². The quantitative estimate of drug-likeness (QED) is 0.608. The summed E-state index contributed by atoms with van der Waals surface area (Å²) < 4.78 is 0.869. The first-order valence-corrected chi connectivity index (χ1v) is 6.39. The monoisotopic (exact) mass is 274 g/mol. The smallest absolute Gasteiger partial charge is 0.136 e. The Kier molecular flexibility index (Phi) is 3.95. The summed E-state index contributed by atoms with van der Waals surface area (Å²) in [7, 11) is 0. The molecule has 0 spiro atoms. The second-order valence-electron chi connectivity index (χ2n) is 4.04. The molecule has 2 nitrogen and oxygen atoms in total. The van der Waals surface area contributed by atoms with Gasteiger partial charge in [-0.05, 0) is 21.7 Å². The Morgan fingerprint density at radius 3 is 2.50 bits per heavy atom. The van der Waals surface area contributed by atoms with Gasteiger partial charge in [0.15, 0.2) is 0 Å². The molecule has 0 unspecified atom stereocenters. The van der Waals surface area contributed by atoms with Crippen LogP contribution in [-0.4, -0.2) is 15.7 Å². The molecular formula is C10H15BrN2S. The van der Waals surface area contributed by atoms with Crippen molar-refractivity contribution in [3.63, 3.8) is 0 Å². The molecule has 1 aromatic rings. The first-order chi connectivity index (χ1) is 6.43. The third-order valence-electron chi connectivity index (χ3n) is 1.63. The second kappa shape index (κ2) is 4.62. The maximum atomic E-state index is 4.52. The van der Waals surface area contributed by atoms with Crippen molar-refractivity contribution in [1.29, 1.82) is 0 Å². The van der Waals surface area contributed by atoms with Gasteiger partial charge < -0.3 is 0 Å². The molecule has 1 aromatic heterocycles. The van der Waals surface area contributed by atoms with Gasteiger partial charge in [-0.15, -0.1) is 11.8 Å². The number of nitrogens with zero attached hydrogens (tertiary/aromatic N) is 2. The van der Waals surface area contributed by atoms with Crippen LogP contribution in [0.5, 0.6) is 0 Å². The molecule has 0 radical (unpaired) electrons. The Morgan fingerprint density at radius 2 is 2.00 bits per heavy atom. The van der Waals surface area contributed by atoms with E-state index < -0.39 is 0 Å². The molecule has 0 N–H and O–H groups in total. The van der Waals surface area contributed by atoms with Gasteiger partial charge in [0.05, 0.1) is 0 Å². The molecule has 0 saturated heterocycles. The minimum atomic E-state index is 0.00678. The summed E-state index contributed by atoms with van der Waals surface area (Å²) in [5.41, 5.74) is 0.00678. The van der Waals surface area contributed by atoms with Crippen molar-refractivity contribution in [3.8, 4) is 0 Å². The number of aromatic nitrogens is 2. The normalized spacial score (nSPS) is 11.8. The first-order valence-electron chi connectivity index (χ1n) is 4.61. The summed E-state index contributed by atoms with van der Waals surface area (Å²) in [5, 5.41) is 1.04. The Labute approximate surface area is 98.1 Å². The second-order valence-corrected chi connectivity index (χ2v) is 6.13. The van der Waals surface area contributed by atoms with E-state index >= 15 is 0 Å². The molecule has 0 aliphatic heterocycles. The van der Waals surface area contributed by atoms with E-state index in [1.165, 1.54) is 0 Å². The van der Waals surface area contributed by atoms with E-state index in [-0.39, 0.29) is 5.41 Å². The van der Waals surface area contributed by atoms with Crippen LogP contribution in [0.1, 0.15) is 33.5 Å². The molecule has 0 bridgehead atoms. The van der Waals surface area contributed by atoms with Crippen LogP contribution in [0.2, 0.25) is 0 Å². The van der Waals surface area contributed by atoms with Crippen LogP contribution >= 0.6 is 27.7 Å². The molecule has 0 aliphatic carbocycles. The Bertz CT molecular complexity index is 320. The highest BCUT2D eigenvalue weighted by molar-refractivity contribution is 9.10. The van der Waals surface area contributed by atoms with Gasteiger partial charge >= 0.3 is 0 Å². The molecule has 0 aliphatic rings. The van der Waals surface area contributed by atoms with Crippen molar-refractivity contribution >= 4 is 27.7 Å². The van der Waals surface area contributed by atoms with Crippen molar-refractivity contribution in [3.05, 3.63) is 16.5 Å². The molecule has 78 valence electrons. The van der Waals surface area contributed by atoms with Gasteiger partial charge in [0, 0.05) is 11.5 Å². The lowest BCUT2D eigenvalue weighted by Gasteiger charge is -2.17. The maximum Gasteiger partial charge on any atom is 0.136 e. The average molecular weight is 275 g/mol. The number of thioether (sulfide) groups is 1. The van der Waals surface area contributed by atoms with Crippen molar-refractivity contribution in [1.82, 2.24) is 9.97 Å². The lowest BCUT2D eigenvalue weighted by atomic mass is 9.96. The topological polar surface area (TPSA) is 25.8 Å². The van der Waals surface area contributed by atoms with E-state index in [4.69, 9.17) is 0 Å². The fraction of sp³-hybridized carbons (Fsp3) is 0.600. The minimum absolute atomic E-state index is 0.00678. The van der Waals surface area contributed by atoms with Crippen molar-refractivity contribution in [2.45, 2.75) is 38.1 Å². The zero-order valence-corrected chi connectivity index (χ0v) is 11.4. The maximum absolute atomic E-state index is 4.52. The SMILES string of the molecule is CCSc1cc(Br)nc(C(C)(C)C)n1. The van der Waals surface area contributed by atoms with Crippen molar-refractivity contribution in [2.75, 3.05) is 5.75 Å². The van der Waals surface area contributed by atoms with Gasteiger partial charge in [0.1, 0.15) is 15.5 Å². The average Bonchev–Trinajstić information content (AvgIpc) is 2.02. The number of halogens is 1. The van der Waals surface area contributed by atoms with Crippen LogP contribution in [0.25, 0.3) is 0 Å². The fourth-order valence-electron chi connectivity index (χ4n) is 0.954. The molecule has 0 fully saturated rings. The van der Waals surface area contributed by atoms with Crippen LogP contribution in [0.15, 0.2) is 15.7 Å². The molecule has 0 saturated carbocycles. The number of hydrogen-bond acceptors (Lipinski definition) is 3. The first kappa shape index (κ1) is 12.0. The summed E-state index contributed by atoms with van der Waals surface area (Å²) in [6.07, 6.45) is 0. The summed E-state index contributed by atoms with van der Waals surface area (Å²) >= 11 is 5.15. The highest BCUT2D eigenvalue weighted by Gasteiger charge is 2.18. The molecule has 1 heterocycles. The predicted octanol–water partition coefficient (Wildman–Crippen LogP) is 3.65. The van der Waals surface area contributed by atoms with Gasteiger partial charge in [0.2, 0.25) is 0 Å². The van der Waals surface area contributed by atoms with Gasteiger partial charge in [-0.3, -0.25) is 0 Å². The van der Waals surface area contributed by atoms with E-state index in [1.54, 1.807) is 11.8 Å². The summed E-state index contributed by atoms with van der Waals surface area (Å²) in [6.45, 7) is 8.48. The van der Waals surface area contributed by atoms with E-state index in [0.29, 0.717) is 0 Å². The molecule has 1 rings (SSSR count). The van der Waals surface area contributed by atoms with Crippen LogP contribution < -0.4 is 0 Å². The number of rotatable bonds is 2. The zero-order chi connectivity index (χ0) is 10.8. The Balaban J connectivity index is 3.07. The molecule has 14 heavy (non-hydrogen) atoms. The van der Waals surface area contributed by atoms with Crippen LogP contribution in [0, 0.1) is 0 Å². The van der Waals surface area contributed by atoms with Crippen molar-refractivity contribution < 1.29 is 0 Å². The third-order valence-corrected chi connectivity index (χ3v) is 2.83. The van der Waals surface area contributed by atoms with Gasteiger partial charge in [0.25, 0.3) is 0 Å². The molecule has 0 aromatic carbocycles. The van der Waals surface area contributed by atoms with Gasteiger partial charge in [-0.1, -0.05) is 27.7 Å². The molecule has 0 amide bonds. The van der Waals surface area contributed by atoms with E-state index in [0.717, 1.165) is 21.2 Å². The van der Waals surface area contributed by atoms with E-state index in [9.17, 15) is 0 Å². The standard InChI is InChI=1S/C10H15BrN2S/c1-5-14-8-6-7(11)12-9(13-8)10(2,3)4/h6H,5H2,1-4H3. The minimum Gasteiger partial charge on any atom is -0.226 e. The Hall–Kier alpha value is -0.0900. The lowest BCUT2D eigenvalue weighted by Crippen LogP contribution is -2.16. The summed E-state index contributed by atoms with van der Waals surface area (Å²) in [4.78, 5) is 8.90. The Morgan fingerprint density at radius 1 is 1.36 bits per heavy atom. The van der Waals surface area contributed by atoms with Crippen LogP contribution in [-0.2, 0) is 5.41 Å². The summed E-state index contributed by atoms with van der Waals surface area (Å²) in [6, 6.07) is 1.96. The lowest BCUT2D eigenvalue weighted by molar-refractivity contribution is 0.536. The third kappa shape index (κ3) is 3.24. The van der Waals surface area contributed by atoms with Gasteiger partial charge in [-0.25, -0.2) is 9.97 Å². The highest BCUT2D eigenvalue weighted by atomic mass is 79.9. The largest absolute Gasteiger partial charge is 0.226 e. The van der Waals surface area contributed by atoms with E-state index in [2.05, 4.69) is 53.6 Å². The predicted molar refractivity (Wildman–Crippen MR) is 64.8 cm³/mol. The zero-order valence-electron chi connectivity index (χ0n) is 8.97. The van der Waals surface area contributed by atoms with Gasteiger partial charge in [-0.2, -0.15) is 0 Å². The molecule has 4 heteroatoms. The van der Waals surface area contributed by atoms with Crippen LogP contribution in [0.3, 0.4) is 0 Å². The van der Waals surface area contributed by atoms with Crippen molar-refractivity contribution in [2.24, 2.45) is 0 Å². The highest BCUT2D eigenvalue weighted by Crippen LogP contribution is 2.24. The fourth-order valence-corrected chi connectivity index (χ4v) is 2.13. The van der Waals surface area contributed by atoms with E-state index in [1.807, 2.05) is 6.07 Å². The summed E-state index contributed by atoms with van der Waals surface area (Å²) in [5.74, 6) is 1.93. The number of hydrogen-bond donors (Lipinski definition) is 0.